The van der Waals surface area contributed by atoms with Gasteiger partial charge in [0, 0.05) is 11.6 Å². The Morgan fingerprint density at radius 1 is 1.54 bits per heavy atom. The number of benzene rings is 1. The van der Waals surface area contributed by atoms with Gasteiger partial charge in [-0.3, -0.25) is 0 Å². The van der Waals surface area contributed by atoms with Gasteiger partial charge in [-0.1, -0.05) is 5.16 Å². The fourth-order valence-electron chi connectivity index (χ4n) is 0.970. The van der Waals surface area contributed by atoms with Crippen molar-refractivity contribution in [2.75, 3.05) is 7.11 Å². The maximum absolute atomic E-state index is 13.2. The molecule has 0 unspecified atom stereocenters. The van der Waals surface area contributed by atoms with Gasteiger partial charge in [0.05, 0.1) is 12.8 Å². The molecule has 3 nitrogen and oxygen atoms in total. The van der Waals surface area contributed by atoms with Gasteiger partial charge >= 0.3 is 0 Å². The van der Waals surface area contributed by atoms with Crippen LogP contribution in [0.2, 0.25) is 0 Å². The van der Waals surface area contributed by atoms with E-state index in [0.29, 0.717) is 5.75 Å². The molecule has 0 atom stereocenters. The Hall–Kier alpha value is -1.58. The van der Waals surface area contributed by atoms with Crippen LogP contribution in [0.5, 0.6) is 5.75 Å². The number of oxime groups is 1. The number of hydrogen-bond donors (Lipinski definition) is 1. The molecular weight excluding hydrogens is 173 g/mol. The molecule has 0 aliphatic rings. The maximum atomic E-state index is 13.2. The highest BCUT2D eigenvalue weighted by molar-refractivity contribution is 5.98. The third-order valence-corrected chi connectivity index (χ3v) is 1.72. The van der Waals surface area contributed by atoms with E-state index in [1.807, 2.05) is 0 Å². The van der Waals surface area contributed by atoms with Gasteiger partial charge in [0.1, 0.15) is 11.6 Å². The Labute approximate surface area is 75.4 Å². The van der Waals surface area contributed by atoms with Crippen molar-refractivity contribution in [3.05, 3.63) is 29.6 Å². The van der Waals surface area contributed by atoms with E-state index in [-0.39, 0.29) is 11.3 Å². The molecule has 0 aromatic heterocycles. The summed E-state index contributed by atoms with van der Waals surface area (Å²) in [4.78, 5) is 0. The SMILES string of the molecule is COc1ccc(C(C)=NO)c(F)c1. The minimum atomic E-state index is -0.463. The largest absolute Gasteiger partial charge is 0.497 e. The van der Waals surface area contributed by atoms with Crippen molar-refractivity contribution in [2.24, 2.45) is 5.16 Å². The minimum absolute atomic E-state index is 0.236. The number of methoxy groups -OCH3 is 1. The Morgan fingerprint density at radius 3 is 2.69 bits per heavy atom. The van der Waals surface area contributed by atoms with Crippen molar-refractivity contribution < 1.29 is 14.3 Å². The van der Waals surface area contributed by atoms with E-state index in [1.165, 1.54) is 26.2 Å². The second-order valence-electron chi connectivity index (χ2n) is 2.53. The molecular formula is C9H10FNO2. The summed E-state index contributed by atoms with van der Waals surface area (Å²) in [7, 11) is 1.46. The summed E-state index contributed by atoms with van der Waals surface area (Å²) in [6, 6.07) is 4.35. The summed E-state index contributed by atoms with van der Waals surface area (Å²) in [5.74, 6) is -0.0263. The van der Waals surface area contributed by atoms with Crippen LogP contribution in [-0.4, -0.2) is 18.0 Å². The van der Waals surface area contributed by atoms with E-state index in [4.69, 9.17) is 9.94 Å². The van der Waals surface area contributed by atoms with Gasteiger partial charge in [-0.15, -0.1) is 0 Å². The second-order valence-corrected chi connectivity index (χ2v) is 2.53. The highest BCUT2D eigenvalue weighted by Gasteiger charge is 2.06. The molecule has 0 heterocycles. The summed E-state index contributed by atoms with van der Waals surface area (Å²) < 4.78 is 18.0. The molecule has 1 aromatic carbocycles. The van der Waals surface area contributed by atoms with Gasteiger partial charge in [0.2, 0.25) is 0 Å². The second kappa shape index (κ2) is 3.89. The average Bonchev–Trinajstić information content (AvgIpc) is 2.16. The fraction of sp³-hybridized carbons (Fsp3) is 0.222. The average molecular weight is 183 g/mol. The van der Waals surface area contributed by atoms with E-state index in [2.05, 4.69) is 5.16 Å². The van der Waals surface area contributed by atoms with Gasteiger partial charge in [-0.05, 0) is 19.1 Å². The lowest BCUT2D eigenvalue weighted by atomic mass is 10.1. The number of hydrogen-bond acceptors (Lipinski definition) is 3. The molecule has 0 aliphatic heterocycles. The van der Waals surface area contributed by atoms with Crippen molar-refractivity contribution in [3.63, 3.8) is 0 Å². The smallest absolute Gasteiger partial charge is 0.136 e. The molecule has 0 saturated heterocycles. The third-order valence-electron chi connectivity index (χ3n) is 1.72. The van der Waals surface area contributed by atoms with Crippen LogP contribution in [0.1, 0.15) is 12.5 Å². The summed E-state index contributed by atoms with van der Waals surface area (Å²) in [5, 5.41) is 11.3. The standard InChI is InChI=1S/C9H10FNO2/c1-6(11-12)8-4-3-7(13-2)5-9(8)10/h3-5,12H,1-2H3. The van der Waals surface area contributed by atoms with Crippen molar-refractivity contribution in [2.45, 2.75) is 6.92 Å². The van der Waals surface area contributed by atoms with Crippen LogP contribution in [0.4, 0.5) is 4.39 Å². The first-order valence-electron chi connectivity index (χ1n) is 3.71. The Balaban J connectivity index is 3.12. The summed E-state index contributed by atoms with van der Waals surface area (Å²) >= 11 is 0. The zero-order chi connectivity index (χ0) is 9.84. The molecule has 1 aromatic rings. The Morgan fingerprint density at radius 2 is 2.23 bits per heavy atom. The molecule has 0 aliphatic carbocycles. The van der Waals surface area contributed by atoms with Crippen LogP contribution in [0, 0.1) is 5.82 Å². The summed E-state index contributed by atoms with van der Waals surface area (Å²) in [5.41, 5.74) is 0.503. The predicted molar refractivity (Wildman–Crippen MR) is 46.9 cm³/mol. The van der Waals surface area contributed by atoms with Crippen LogP contribution in [0.15, 0.2) is 23.4 Å². The molecule has 13 heavy (non-hydrogen) atoms. The van der Waals surface area contributed by atoms with Gasteiger partial charge < -0.3 is 9.94 Å². The first-order valence-corrected chi connectivity index (χ1v) is 3.71. The van der Waals surface area contributed by atoms with Crippen LogP contribution in [0.25, 0.3) is 0 Å². The molecule has 0 spiro atoms. The van der Waals surface area contributed by atoms with Gasteiger partial charge in [-0.2, -0.15) is 0 Å². The highest BCUT2D eigenvalue weighted by Crippen LogP contribution is 2.16. The van der Waals surface area contributed by atoms with Crippen molar-refractivity contribution in [1.29, 1.82) is 0 Å². The van der Waals surface area contributed by atoms with Crippen LogP contribution >= 0.6 is 0 Å². The lowest BCUT2D eigenvalue weighted by Gasteiger charge is -2.03. The van der Waals surface area contributed by atoms with Gasteiger partial charge in [0.25, 0.3) is 0 Å². The quantitative estimate of drug-likeness (QED) is 0.433. The van der Waals surface area contributed by atoms with E-state index in [9.17, 15) is 4.39 Å². The van der Waals surface area contributed by atoms with Crippen molar-refractivity contribution >= 4 is 5.71 Å². The monoisotopic (exact) mass is 183 g/mol. The normalized spacial score (nSPS) is 11.5. The molecule has 0 saturated carbocycles. The maximum Gasteiger partial charge on any atom is 0.136 e. The first-order chi connectivity index (χ1) is 6.19. The molecule has 0 bridgehead atoms. The van der Waals surface area contributed by atoms with Crippen molar-refractivity contribution in [3.8, 4) is 5.75 Å². The van der Waals surface area contributed by atoms with E-state index >= 15 is 0 Å². The topological polar surface area (TPSA) is 41.8 Å². The molecule has 0 radical (unpaired) electrons. The minimum Gasteiger partial charge on any atom is -0.497 e. The molecule has 0 amide bonds. The highest BCUT2D eigenvalue weighted by atomic mass is 19.1. The Kier molecular flexibility index (Phi) is 2.84. The van der Waals surface area contributed by atoms with E-state index in [1.54, 1.807) is 6.07 Å². The molecule has 70 valence electrons. The lowest BCUT2D eigenvalue weighted by molar-refractivity contribution is 0.319. The zero-order valence-corrected chi connectivity index (χ0v) is 7.41. The molecule has 4 heteroatoms. The van der Waals surface area contributed by atoms with Crippen LogP contribution in [-0.2, 0) is 0 Å². The van der Waals surface area contributed by atoms with E-state index < -0.39 is 5.82 Å². The lowest BCUT2D eigenvalue weighted by Crippen LogP contribution is -1.99. The van der Waals surface area contributed by atoms with E-state index in [0.717, 1.165) is 0 Å². The zero-order valence-electron chi connectivity index (χ0n) is 7.41. The fourth-order valence-corrected chi connectivity index (χ4v) is 0.970. The first kappa shape index (κ1) is 9.51. The van der Waals surface area contributed by atoms with Gasteiger partial charge in [-0.25, -0.2) is 4.39 Å². The summed E-state index contributed by atoms with van der Waals surface area (Å²) in [6.45, 7) is 1.52. The Bertz CT molecular complexity index is 336. The number of nitrogens with zero attached hydrogens (tertiary/aromatic N) is 1. The number of halogens is 1. The third kappa shape index (κ3) is 1.96. The van der Waals surface area contributed by atoms with Gasteiger partial charge in [0.15, 0.2) is 0 Å². The number of ether oxygens (including phenoxy) is 1. The van der Waals surface area contributed by atoms with Crippen LogP contribution in [0.3, 0.4) is 0 Å². The molecule has 0 fully saturated rings. The predicted octanol–water partition coefficient (Wildman–Crippen LogP) is 2.03. The molecule has 1 N–H and O–H groups in total. The van der Waals surface area contributed by atoms with Crippen molar-refractivity contribution in [1.82, 2.24) is 0 Å². The summed E-state index contributed by atoms with van der Waals surface area (Å²) in [6.07, 6.45) is 0. The molecule has 1 rings (SSSR count). The van der Waals surface area contributed by atoms with Crippen LogP contribution < -0.4 is 4.74 Å². The number of rotatable bonds is 2.